The third-order valence-corrected chi connectivity index (χ3v) is 3.07. The normalized spacial score (nSPS) is 9.75. The second-order valence-corrected chi connectivity index (χ2v) is 5.40. The number of hydrogen-bond donors (Lipinski definition) is 1. The van der Waals surface area contributed by atoms with Crippen LogP contribution in [0.5, 0.6) is 0 Å². The van der Waals surface area contributed by atoms with E-state index in [-0.39, 0.29) is 37.0 Å². The number of rotatable bonds is 4. The lowest BCUT2D eigenvalue weighted by atomic mass is 10.2. The summed E-state index contributed by atoms with van der Waals surface area (Å²) < 4.78 is 0. The van der Waals surface area contributed by atoms with Crippen LogP contribution >= 0.6 is 0 Å². The molecule has 28 heavy (non-hydrogen) atoms. The van der Waals surface area contributed by atoms with Crippen molar-refractivity contribution < 1.29 is 24.0 Å². The van der Waals surface area contributed by atoms with Gasteiger partial charge in [0.2, 0.25) is 0 Å². The molecular formula is C20H25N3O5. The van der Waals surface area contributed by atoms with E-state index in [1.165, 1.54) is 20.8 Å². The monoisotopic (exact) mass is 387 g/mol. The van der Waals surface area contributed by atoms with Gasteiger partial charge in [0.1, 0.15) is 17.1 Å². The maximum Gasteiger partial charge on any atom is 0.373 e. The fourth-order valence-electron chi connectivity index (χ4n) is 1.73. The van der Waals surface area contributed by atoms with Gasteiger partial charge in [-0.05, 0) is 31.2 Å². The number of hydrogen-bond acceptors (Lipinski definition) is 8. The summed E-state index contributed by atoms with van der Waals surface area (Å²) in [6.45, 7) is 6.18. The molecule has 8 heteroatoms. The number of carbonyl (C=O) groups excluding carboxylic acids is 5. The van der Waals surface area contributed by atoms with Crippen molar-refractivity contribution in [1.82, 2.24) is 9.97 Å². The summed E-state index contributed by atoms with van der Waals surface area (Å²) in [5, 5.41) is 0. The molecule has 0 amide bonds. The molecule has 0 radical (unpaired) electrons. The molecule has 0 aliphatic heterocycles. The highest BCUT2D eigenvalue weighted by Crippen LogP contribution is 2.07. The highest BCUT2D eigenvalue weighted by molar-refractivity contribution is 5.96. The van der Waals surface area contributed by atoms with Gasteiger partial charge in [-0.2, -0.15) is 9.59 Å². The van der Waals surface area contributed by atoms with E-state index in [0.717, 1.165) is 5.69 Å². The van der Waals surface area contributed by atoms with E-state index >= 15 is 0 Å². The van der Waals surface area contributed by atoms with E-state index in [1.807, 2.05) is 13.0 Å². The molecule has 8 nitrogen and oxygen atoms in total. The van der Waals surface area contributed by atoms with Gasteiger partial charge in [0.25, 0.3) is 0 Å². The molecule has 2 rings (SSSR count). The molecule has 0 aliphatic carbocycles. The van der Waals surface area contributed by atoms with Crippen LogP contribution in [0.2, 0.25) is 0 Å². The standard InChI is InChI=1S/C9H12N2O.C9H9NO2.CO2.CH4/c1-6(10)8-4-3-5-9(11-8)7(2)12;1-6(11)8-4-3-5-9(10-8)7(2)12;2-1-3;/h3-6H,10H2,1-2H3;3-5H,1-2H3;;1H4. The summed E-state index contributed by atoms with van der Waals surface area (Å²) in [6, 6.07) is 10.0. The largest absolute Gasteiger partial charge is 0.373 e. The first-order chi connectivity index (χ1) is 12.6. The summed E-state index contributed by atoms with van der Waals surface area (Å²) in [6.07, 6.45) is 0.250. The van der Waals surface area contributed by atoms with Crippen molar-refractivity contribution in [2.45, 2.75) is 41.2 Å². The fourth-order valence-corrected chi connectivity index (χ4v) is 1.73. The third-order valence-electron chi connectivity index (χ3n) is 3.07. The van der Waals surface area contributed by atoms with Gasteiger partial charge in [0.05, 0.1) is 5.69 Å². The Hall–Kier alpha value is -3.35. The topological polar surface area (TPSA) is 137 Å². The Morgan fingerprint density at radius 3 is 1.46 bits per heavy atom. The van der Waals surface area contributed by atoms with Gasteiger partial charge in [-0.25, -0.2) is 9.97 Å². The van der Waals surface area contributed by atoms with Gasteiger partial charge in [-0.3, -0.25) is 14.4 Å². The van der Waals surface area contributed by atoms with Gasteiger partial charge in [0.15, 0.2) is 17.3 Å². The van der Waals surface area contributed by atoms with Gasteiger partial charge < -0.3 is 5.73 Å². The number of nitrogens with zero attached hydrogens (tertiary/aromatic N) is 2. The SMILES string of the molecule is C.CC(=O)c1cccc(C(C)=O)n1.CC(=O)c1cccc(C(C)N)n1.O=C=O. The first-order valence-electron chi connectivity index (χ1n) is 7.85. The number of carbonyl (C=O) groups is 3. The summed E-state index contributed by atoms with van der Waals surface area (Å²) >= 11 is 0. The van der Waals surface area contributed by atoms with Crippen LogP contribution in [0, 0.1) is 0 Å². The van der Waals surface area contributed by atoms with Crippen molar-refractivity contribution in [3.63, 3.8) is 0 Å². The molecular weight excluding hydrogens is 362 g/mol. The number of pyridine rings is 2. The molecule has 0 aromatic carbocycles. The lowest BCUT2D eigenvalue weighted by Gasteiger charge is -2.04. The van der Waals surface area contributed by atoms with Gasteiger partial charge in [0, 0.05) is 26.8 Å². The maximum absolute atomic E-state index is 10.9. The van der Waals surface area contributed by atoms with Crippen LogP contribution in [0.1, 0.15) is 78.3 Å². The second kappa shape index (κ2) is 13.8. The highest BCUT2D eigenvalue weighted by Gasteiger charge is 2.05. The molecule has 1 atom stereocenters. The van der Waals surface area contributed by atoms with Crippen molar-refractivity contribution in [2.75, 3.05) is 0 Å². The van der Waals surface area contributed by atoms with Crippen molar-refractivity contribution >= 4 is 23.5 Å². The van der Waals surface area contributed by atoms with Crippen molar-refractivity contribution in [1.29, 1.82) is 0 Å². The summed E-state index contributed by atoms with van der Waals surface area (Å²) in [5.41, 5.74) is 7.51. The summed E-state index contributed by atoms with van der Waals surface area (Å²) in [5.74, 6) is -0.284. The zero-order valence-electron chi connectivity index (χ0n) is 15.6. The molecule has 2 N–H and O–H groups in total. The predicted octanol–water partition coefficient (Wildman–Crippen LogP) is 2.84. The van der Waals surface area contributed by atoms with Crippen LogP contribution < -0.4 is 5.73 Å². The molecule has 150 valence electrons. The third kappa shape index (κ3) is 9.96. The molecule has 0 saturated heterocycles. The Kier molecular flexibility index (Phi) is 13.2. The molecule has 0 fully saturated rings. The first kappa shape index (κ1) is 26.9. The Labute approximate surface area is 164 Å². The lowest BCUT2D eigenvalue weighted by Crippen LogP contribution is -2.09. The molecule has 0 spiro atoms. The smallest absolute Gasteiger partial charge is 0.323 e. The molecule has 2 heterocycles. The number of Topliss-reactive ketones (excluding diaryl/α,β-unsaturated/α-hetero) is 3. The minimum atomic E-state index is -0.127. The van der Waals surface area contributed by atoms with Crippen molar-refractivity contribution in [2.24, 2.45) is 5.73 Å². The zero-order valence-corrected chi connectivity index (χ0v) is 15.6. The molecule has 2 aromatic heterocycles. The van der Waals surface area contributed by atoms with Gasteiger partial charge >= 0.3 is 6.15 Å². The van der Waals surface area contributed by atoms with E-state index in [0.29, 0.717) is 17.1 Å². The van der Waals surface area contributed by atoms with E-state index in [9.17, 15) is 14.4 Å². The summed E-state index contributed by atoms with van der Waals surface area (Å²) in [4.78, 5) is 56.8. The second-order valence-electron chi connectivity index (χ2n) is 5.40. The van der Waals surface area contributed by atoms with Crippen LogP contribution in [-0.2, 0) is 9.59 Å². The zero-order chi connectivity index (χ0) is 21.0. The fraction of sp³-hybridized carbons (Fsp3) is 0.300. The average molecular weight is 387 g/mol. The number of aromatic nitrogens is 2. The Morgan fingerprint density at radius 1 is 0.821 bits per heavy atom. The summed E-state index contributed by atoms with van der Waals surface area (Å²) in [7, 11) is 0. The maximum atomic E-state index is 10.9. The first-order valence-corrected chi connectivity index (χ1v) is 7.85. The minimum Gasteiger partial charge on any atom is -0.323 e. The lowest BCUT2D eigenvalue weighted by molar-refractivity contribution is -0.191. The van der Waals surface area contributed by atoms with E-state index in [2.05, 4.69) is 9.97 Å². The van der Waals surface area contributed by atoms with E-state index in [4.69, 9.17) is 15.3 Å². The molecule has 1 unspecified atom stereocenters. The Balaban J connectivity index is 0. The van der Waals surface area contributed by atoms with E-state index < -0.39 is 0 Å². The predicted molar refractivity (Wildman–Crippen MR) is 103 cm³/mol. The number of nitrogens with two attached hydrogens (primary N) is 1. The average Bonchev–Trinajstić information content (AvgIpc) is 2.63. The van der Waals surface area contributed by atoms with Crippen LogP contribution in [0.4, 0.5) is 0 Å². The molecule has 0 bridgehead atoms. The molecule has 0 aliphatic rings. The Bertz CT molecular complexity index is 812. The van der Waals surface area contributed by atoms with Crippen molar-refractivity contribution in [3.8, 4) is 0 Å². The van der Waals surface area contributed by atoms with E-state index in [1.54, 1.807) is 30.3 Å². The van der Waals surface area contributed by atoms with Crippen LogP contribution in [0.15, 0.2) is 36.4 Å². The van der Waals surface area contributed by atoms with Crippen LogP contribution in [0.25, 0.3) is 0 Å². The van der Waals surface area contributed by atoms with Crippen LogP contribution in [0.3, 0.4) is 0 Å². The van der Waals surface area contributed by atoms with Gasteiger partial charge in [-0.1, -0.05) is 19.6 Å². The molecule has 0 saturated carbocycles. The van der Waals surface area contributed by atoms with Gasteiger partial charge in [-0.15, -0.1) is 0 Å². The quantitative estimate of drug-likeness (QED) is 0.791. The highest BCUT2D eigenvalue weighted by atomic mass is 16.2. The Morgan fingerprint density at radius 2 is 1.14 bits per heavy atom. The number of ketones is 3. The molecule has 2 aromatic rings. The minimum absolute atomic E-state index is 0. The van der Waals surface area contributed by atoms with Crippen molar-refractivity contribution in [3.05, 3.63) is 59.2 Å². The van der Waals surface area contributed by atoms with Crippen LogP contribution in [-0.4, -0.2) is 33.5 Å².